The molecule has 1 radical (unpaired) electrons. The molecule has 0 aliphatic heterocycles. The zero-order valence-electron chi connectivity index (χ0n) is 5.24. The Balaban J connectivity index is 3.13. The molecule has 0 amide bonds. The van der Waals surface area contributed by atoms with Gasteiger partial charge in [-0.3, -0.25) is 0 Å². The van der Waals surface area contributed by atoms with Gasteiger partial charge in [-0.15, -0.1) is 0 Å². The highest BCUT2D eigenvalue weighted by molar-refractivity contribution is 6.31. The quantitative estimate of drug-likeness (QED) is 0.621. The van der Waals surface area contributed by atoms with Crippen molar-refractivity contribution < 1.29 is 13.2 Å². The van der Waals surface area contributed by atoms with Crippen molar-refractivity contribution in [3.8, 4) is 0 Å². The number of halogens is 4. The highest BCUT2D eigenvalue weighted by atomic mass is 35.5. The number of rotatable bonds is 1. The molecular weight excluding hydrogens is 177 g/mol. The van der Waals surface area contributed by atoms with Gasteiger partial charge in [-0.2, -0.15) is 8.78 Å². The summed E-state index contributed by atoms with van der Waals surface area (Å²) in [6, 6.07) is 2.80. The maximum Gasteiger partial charge on any atom is 0.341 e. The molecule has 4 heteroatoms. The van der Waals surface area contributed by atoms with Gasteiger partial charge in [0.2, 0.25) is 0 Å². The highest BCUT2D eigenvalue weighted by Gasteiger charge is 2.14. The van der Waals surface area contributed by atoms with Crippen molar-refractivity contribution in [1.29, 1.82) is 0 Å². The predicted octanol–water partition coefficient (Wildman–Crippen LogP) is 3.26. The minimum atomic E-state index is -1.98. The summed E-state index contributed by atoms with van der Waals surface area (Å²) in [7, 11) is 0. The summed E-state index contributed by atoms with van der Waals surface area (Å²) in [6.07, 6.45) is -1.98. The van der Waals surface area contributed by atoms with Crippen LogP contribution in [-0.2, 0) is 0 Å². The molecule has 1 aromatic rings. The largest absolute Gasteiger partial charge is 0.341 e. The van der Waals surface area contributed by atoms with Gasteiger partial charge >= 0.3 is 6.43 Å². The van der Waals surface area contributed by atoms with E-state index in [9.17, 15) is 13.2 Å². The van der Waals surface area contributed by atoms with Crippen molar-refractivity contribution in [1.82, 2.24) is 0 Å². The second-order valence-corrected chi connectivity index (χ2v) is 2.29. The summed E-state index contributed by atoms with van der Waals surface area (Å²) in [5.74, 6) is -0.725. The minimum Gasteiger partial charge on any atom is -0.207 e. The average Bonchev–Trinajstić information content (AvgIpc) is 1.94. The maximum absolute atomic E-state index is 12.3. The Morgan fingerprint density at radius 2 is 1.91 bits per heavy atom. The molecule has 0 atom stereocenters. The van der Waals surface area contributed by atoms with Crippen molar-refractivity contribution in [3.05, 3.63) is 41.0 Å². The third-order valence-electron chi connectivity index (χ3n) is 1.13. The van der Waals surface area contributed by atoms with Crippen molar-refractivity contribution >= 4 is 11.6 Å². The van der Waals surface area contributed by atoms with Gasteiger partial charge in [0.25, 0.3) is 0 Å². The Bertz CT molecular complexity index is 260. The molecule has 0 N–H and O–H groups in total. The molecule has 0 nitrogen and oxygen atoms in total. The van der Waals surface area contributed by atoms with Gasteiger partial charge in [0.15, 0.2) is 0 Å². The van der Waals surface area contributed by atoms with E-state index in [4.69, 9.17) is 11.6 Å². The molecule has 0 aliphatic rings. The van der Waals surface area contributed by atoms with Crippen LogP contribution >= 0.6 is 11.6 Å². The standard InChI is InChI=1S/C7H3ClF3/c8-6-2-1-4(9)3-5(6)7(10)11/h1-3H. The van der Waals surface area contributed by atoms with Crippen molar-refractivity contribution in [2.45, 2.75) is 0 Å². The maximum atomic E-state index is 12.3. The van der Waals surface area contributed by atoms with Crippen LogP contribution < -0.4 is 0 Å². The molecule has 0 saturated carbocycles. The first-order valence-corrected chi connectivity index (χ1v) is 3.12. The first-order valence-electron chi connectivity index (χ1n) is 2.74. The molecule has 59 valence electrons. The summed E-state index contributed by atoms with van der Waals surface area (Å²) in [4.78, 5) is 0. The van der Waals surface area contributed by atoms with E-state index in [0.29, 0.717) is 6.07 Å². The zero-order valence-corrected chi connectivity index (χ0v) is 6.00. The molecule has 0 aromatic heterocycles. The summed E-state index contributed by atoms with van der Waals surface area (Å²) in [6.45, 7) is 0. The molecule has 0 spiro atoms. The van der Waals surface area contributed by atoms with Crippen LogP contribution in [0.1, 0.15) is 5.56 Å². The molecule has 0 fully saturated rings. The molecule has 0 aliphatic carbocycles. The van der Waals surface area contributed by atoms with Crippen LogP contribution in [-0.4, -0.2) is 0 Å². The summed E-state index contributed by atoms with van der Waals surface area (Å²) in [5.41, 5.74) is -0.549. The molecule has 11 heavy (non-hydrogen) atoms. The van der Waals surface area contributed by atoms with Crippen LogP contribution in [0.25, 0.3) is 0 Å². The van der Waals surface area contributed by atoms with Crippen LogP contribution in [0.4, 0.5) is 13.2 Å². The molecular formula is C7H3ClF3. The van der Waals surface area contributed by atoms with Crippen molar-refractivity contribution in [2.75, 3.05) is 0 Å². The monoisotopic (exact) mass is 179 g/mol. The minimum absolute atomic E-state index is 0.147. The Morgan fingerprint density at radius 1 is 1.27 bits per heavy atom. The van der Waals surface area contributed by atoms with E-state index in [1.54, 1.807) is 0 Å². The van der Waals surface area contributed by atoms with E-state index in [1.165, 1.54) is 0 Å². The first-order chi connectivity index (χ1) is 5.11. The van der Waals surface area contributed by atoms with Crippen LogP contribution in [0.5, 0.6) is 0 Å². The molecule has 1 rings (SSSR count). The summed E-state index contributed by atoms with van der Waals surface area (Å²) < 4.78 is 36.0. The van der Waals surface area contributed by atoms with E-state index in [1.807, 2.05) is 0 Å². The molecule has 0 bridgehead atoms. The molecule has 0 saturated heterocycles. The smallest absolute Gasteiger partial charge is 0.207 e. The number of hydrogen-bond donors (Lipinski definition) is 0. The average molecular weight is 180 g/mol. The van der Waals surface area contributed by atoms with Crippen LogP contribution in [0.3, 0.4) is 0 Å². The van der Waals surface area contributed by atoms with Gasteiger partial charge in [0, 0.05) is 5.56 Å². The Morgan fingerprint density at radius 3 is 2.36 bits per heavy atom. The zero-order chi connectivity index (χ0) is 8.43. The summed E-state index contributed by atoms with van der Waals surface area (Å²) in [5, 5.41) is -0.147. The predicted molar refractivity (Wildman–Crippen MR) is 36.0 cm³/mol. The molecule has 0 heterocycles. The van der Waals surface area contributed by atoms with Gasteiger partial charge < -0.3 is 0 Å². The van der Waals surface area contributed by atoms with E-state index in [-0.39, 0.29) is 5.02 Å². The van der Waals surface area contributed by atoms with Gasteiger partial charge in [0.1, 0.15) is 5.82 Å². The Labute approximate surface area is 66.6 Å². The lowest BCUT2D eigenvalue weighted by Gasteiger charge is -1.99. The topological polar surface area (TPSA) is 0 Å². The van der Waals surface area contributed by atoms with Crippen molar-refractivity contribution in [3.63, 3.8) is 0 Å². The second kappa shape index (κ2) is 3.13. The van der Waals surface area contributed by atoms with Crippen LogP contribution in [0.2, 0.25) is 5.02 Å². The van der Waals surface area contributed by atoms with Crippen LogP contribution in [0.15, 0.2) is 18.2 Å². The lowest BCUT2D eigenvalue weighted by Crippen LogP contribution is -1.87. The first kappa shape index (κ1) is 8.40. The van der Waals surface area contributed by atoms with Crippen molar-refractivity contribution in [2.24, 2.45) is 0 Å². The SMILES string of the molecule is F[C](F)c1cc(F)ccc1Cl. The van der Waals surface area contributed by atoms with Gasteiger partial charge in [-0.1, -0.05) is 11.6 Å². The van der Waals surface area contributed by atoms with E-state index in [0.717, 1.165) is 12.1 Å². The van der Waals surface area contributed by atoms with E-state index < -0.39 is 17.8 Å². The van der Waals surface area contributed by atoms with E-state index >= 15 is 0 Å². The third-order valence-corrected chi connectivity index (χ3v) is 1.46. The number of benzene rings is 1. The van der Waals surface area contributed by atoms with Gasteiger partial charge in [0.05, 0.1) is 5.02 Å². The lowest BCUT2D eigenvalue weighted by atomic mass is 10.2. The summed E-state index contributed by atoms with van der Waals surface area (Å²) >= 11 is 5.32. The van der Waals surface area contributed by atoms with E-state index in [2.05, 4.69) is 0 Å². The fraction of sp³-hybridized carbons (Fsp3) is 0. The lowest BCUT2D eigenvalue weighted by molar-refractivity contribution is 0.324. The van der Waals surface area contributed by atoms with Gasteiger partial charge in [-0.25, -0.2) is 4.39 Å². The number of hydrogen-bond acceptors (Lipinski definition) is 0. The molecule has 0 unspecified atom stereocenters. The fourth-order valence-corrected chi connectivity index (χ4v) is 0.831. The third kappa shape index (κ3) is 1.87. The fourth-order valence-electron chi connectivity index (χ4n) is 0.642. The molecule has 1 aromatic carbocycles. The Hall–Kier alpha value is -0.700. The Kier molecular flexibility index (Phi) is 2.39. The van der Waals surface area contributed by atoms with Crippen LogP contribution in [0, 0.1) is 12.2 Å². The van der Waals surface area contributed by atoms with Gasteiger partial charge in [-0.05, 0) is 18.2 Å². The normalized spacial score (nSPS) is 10.6. The highest BCUT2D eigenvalue weighted by Crippen LogP contribution is 2.26. The second-order valence-electron chi connectivity index (χ2n) is 1.88.